The zero-order valence-corrected chi connectivity index (χ0v) is 13.5. The summed E-state index contributed by atoms with van der Waals surface area (Å²) in [4.78, 5) is 7.27. The molecular formula is C15H27N3S. The van der Waals surface area contributed by atoms with Crippen molar-refractivity contribution in [2.75, 3.05) is 18.0 Å². The quantitative estimate of drug-likeness (QED) is 0.827. The lowest BCUT2D eigenvalue weighted by atomic mass is 10.1. The van der Waals surface area contributed by atoms with E-state index < -0.39 is 0 Å². The normalized spacial score (nSPS) is 15.8. The van der Waals surface area contributed by atoms with Gasteiger partial charge in [0.2, 0.25) is 0 Å². The third-order valence-corrected chi connectivity index (χ3v) is 4.23. The molecule has 1 aliphatic rings. The predicted molar refractivity (Wildman–Crippen MR) is 83.9 cm³/mol. The van der Waals surface area contributed by atoms with E-state index in [1.807, 2.05) is 0 Å². The predicted octanol–water partition coefficient (Wildman–Crippen LogP) is 3.66. The maximum atomic E-state index is 4.80. The summed E-state index contributed by atoms with van der Waals surface area (Å²) in [6, 6.07) is 0. The Morgan fingerprint density at radius 1 is 1.42 bits per heavy atom. The fourth-order valence-corrected chi connectivity index (χ4v) is 2.89. The average Bonchev–Trinajstić information content (AvgIpc) is 3.01. The van der Waals surface area contributed by atoms with Crippen LogP contribution in [0.15, 0.2) is 5.38 Å². The van der Waals surface area contributed by atoms with Crippen LogP contribution in [0.3, 0.4) is 0 Å². The van der Waals surface area contributed by atoms with Gasteiger partial charge in [-0.2, -0.15) is 0 Å². The van der Waals surface area contributed by atoms with E-state index in [9.17, 15) is 0 Å². The molecule has 1 aromatic heterocycles. The Hall–Kier alpha value is -0.610. The summed E-state index contributed by atoms with van der Waals surface area (Å²) in [5.41, 5.74) is 1.33. The highest BCUT2D eigenvalue weighted by Crippen LogP contribution is 2.32. The molecule has 0 aromatic carbocycles. The summed E-state index contributed by atoms with van der Waals surface area (Å²) in [7, 11) is 0. The molecule has 108 valence electrons. The minimum absolute atomic E-state index is 0.154. The highest BCUT2D eigenvalue weighted by molar-refractivity contribution is 7.13. The third kappa shape index (κ3) is 5.11. The zero-order valence-electron chi connectivity index (χ0n) is 12.7. The van der Waals surface area contributed by atoms with E-state index in [4.69, 9.17) is 4.98 Å². The van der Waals surface area contributed by atoms with Crippen LogP contribution in [0.1, 0.15) is 52.7 Å². The Labute approximate surface area is 121 Å². The molecule has 1 N–H and O–H groups in total. The molecule has 4 heteroatoms. The van der Waals surface area contributed by atoms with Crippen LogP contribution in [-0.4, -0.2) is 23.6 Å². The Balaban J connectivity index is 1.92. The third-order valence-electron chi connectivity index (χ3n) is 3.28. The van der Waals surface area contributed by atoms with Crippen LogP contribution < -0.4 is 10.2 Å². The average molecular weight is 281 g/mol. The molecule has 0 unspecified atom stereocenters. The Kier molecular flexibility index (Phi) is 4.85. The first kappa shape index (κ1) is 14.8. The van der Waals surface area contributed by atoms with Crippen molar-refractivity contribution >= 4 is 16.5 Å². The topological polar surface area (TPSA) is 28.2 Å². The monoisotopic (exact) mass is 281 g/mol. The largest absolute Gasteiger partial charge is 0.348 e. The molecule has 1 aromatic rings. The molecule has 0 spiro atoms. The molecule has 2 rings (SSSR count). The fraction of sp³-hybridized carbons (Fsp3) is 0.800. The summed E-state index contributed by atoms with van der Waals surface area (Å²) < 4.78 is 0. The van der Waals surface area contributed by atoms with Gasteiger partial charge >= 0.3 is 0 Å². The molecular weight excluding hydrogens is 254 g/mol. The van der Waals surface area contributed by atoms with Gasteiger partial charge in [-0.25, -0.2) is 4.98 Å². The van der Waals surface area contributed by atoms with Crippen molar-refractivity contribution in [1.82, 2.24) is 10.3 Å². The molecule has 0 atom stereocenters. The van der Waals surface area contributed by atoms with Gasteiger partial charge < -0.3 is 10.2 Å². The van der Waals surface area contributed by atoms with Crippen molar-refractivity contribution in [2.45, 2.75) is 59.0 Å². The number of anilines is 1. The van der Waals surface area contributed by atoms with Gasteiger partial charge in [0, 0.05) is 30.6 Å². The first-order valence-corrected chi connectivity index (χ1v) is 8.30. The SMILES string of the molecule is CCCN(CC1CC1)c1nc(CNC(C)(C)C)cs1. The molecule has 0 radical (unpaired) electrons. The minimum Gasteiger partial charge on any atom is -0.348 e. The van der Waals surface area contributed by atoms with Crippen molar-refractivity contribution in [3.63, 3.8) is 0 Å². The maximum Gasteiger partial charge on any atom is 0.185 e. The van der Waals surface area contributed by atoms with Gasteiger partial charge in [-0.3, -0.25) is 0 Å². The molecule has 1 heterocycles. The summed E-state index contributed by atoms with van der Waals surface area (Å²) in [5.74, 6) is 0.923. The maximum absolute atomic E-state index is 4.80. The van der Waals surface area contributed by atoms with Gasteiger partial charge in [0.1, 0.15) is 0 Å². The van der Waals surface area contributed by atoms with E-state index in [0.717, 1.165) is 19.0 Å². The van der Waals surface area contributed by atoms with Gasteiger partial charge in [0.05, 0.1) is 5.69 Å². The number of nitrogens with one attached hydrogen (secondary N) is 1. The van der Waals surface area contributed by atoms with Crippen molar-refractivity contribution < 1.29 is 0 Å². The Bertz CT molecular complexity index is 390. The van der Waals surface area contributed by atoms with Crippen LogP contribution >= 0.6 is 11.3 Å². The number of rotatable bonds is 7. The van der Waals surface area contributed by atoms with Gasteiger partial charge in [-0.15, -0.1) is 11.3 Å². The van der Waals surface area contributed by atoms with Crippen molar-refractivity contribution in [2.24, 2.45) is 5.92 Å². The second-order valence-electron chi connectivity index (χ2n) is 6.61. The molecule has 0 amide bonds. The Morgan fingerprint density at radius 3 is 2.74 bits per heavy atom. The number of nitrogens with zero attached hydrogens (tertiary/aromatic N) is 2. The molecule has 1 saturated carbocycles. The second-order valence-corrected chi connectivity index (χ2v) is 7.45. The van der Waals surface area contributed by atoms with Crippen LogP contribution in [0.2, 0.25) is 0 Å². The lowest BCUT2D eigenvalue weighted by Gasteiger charge is -2.21. The molecule has 19 heavy (non-hydrogen) atoms. The number of hydrogen-bond donors (Lipinski definition) is 1. The summed E-state index contributed by atoms with van der Waals surface area (Å²) in [6.45, 7) is 12.0. The zero-order chi connectivity index (χ0) is 13.9. The van der Waals surface area contributed by atoms with Crippen molar-refractivity contribution in [3.05, 3.63) is 11.1 Å². The number of hydrogen-bond acceptors (Lipinski definition) is 4. The van der Waals surface area contributed by atoms with Crippen LogP contribution in [0, 0.1) is 5.92 Å². The number of aromatic nitrogens is 1. The molecule has 0 bridgehead atoms. The standard InChI is InChI=1S/C15H27N3S/c1-5-8-18(10-12-6-7-12)14-17-13(11-19-14)9-16-15(2,3)4/h11-12,16H,5-10H2,1-4H3. The minimum atomic E-state index is 0.154. The van der Waals surface area contributed by atoms with E-state index in [-0.39, 0.29) is 5.54 Å². The van der Waals surface area contributed by atoms with E-state index in [0.29, 0.717) is 0 Å². The van der Waals surface area contributed by atoms with E-state index in [1.54, 1.807) is 11.3 Å². The lowest BCUT2D eigenvalue weighted by Crippen LogP contribution is -2.35. The van der Waals surface area contributed by atoms with Crippen LogP contribution in [-0.2, 0) is 6.54 Å². The fourth-order valence-electron chi connectivity index (χ4n) is 2.03. The lowest BCUT2D eigenvalue weighted by molar-refractivity contribution is 0.422. The first-order valence-electron chi connectivity index (χ1n) is 7.42. The first-order chi connectivity index (χ1) is 8.98. The summed E-state index contributed by atoms with van der Waals surface area (Å²) in [6.07, 6.45) is 4.01. The highest BCUT2D eigenvalue weighted by atomic mass is 32.1. The van der Waals surface area contributed by atoms with Crippen molar-refractivity contribution in [3.8, 4) is 0 Å². The Morgan fingerprint density at radius 2 is 2.16 bits per heavy atom. The number of thiazole rings is 1. The van der Waals surface area contributed by atoms with E-state index in [2.05, 4.69) is 43.3 Å². The smallest absolute Gasteiger partial charge is 0.185 e. The molecule has 1 fully saturated rings. The summed E-state index contributed by atoms with van der Waals surface area (Å²) >= 11 is 1.79. The van der Waals surface area contributed by atoms with Gasteiger partial charge in [-0.05, 0) is 46.0 Å². The van der Waals surface area contributed by atoms with Crippen LogP contribution in [0.4, 0.5) is 5.13 Å². The highest BCUT2D eigenvalue weighted by Gasteiger charge is 2.25. The van der Waals surface area contributed by atoms with Crippen LogP contribution in [0.25, 0.3) is 0 Å². The molecule has 3 nitrogen and oxygen atoms in total. The van der Waals surface area contributed by atoms with E-state index in [1.165, 1.54) is 36.6 Å². The molecule has 0 aliphatic heterocycles. The van der Waals surface area contributed by atoms with Gasteiger partial charge in [0.15, 0.2) is 5.13 Å². The van der Waals surface area contributed by atoms with Gasteiger partial charge in [-0.1, -0.05) is 6.92 Å². The van der Waals surface area contributed by atoms with Gasteiger partial charge in [0.25, 0.3) is 0 Å². The van der Waals surface area contributed by atoms with E-state index >= 15 is 0 Å². The summed E-state index contributed by atoms with van der Waals surface area (Å²) in [5, 5.41) is 6.91. The molecule has 1 aliphatic carbocycles. The van der Waals surface area contributed by atoms with Crippen LogP contribution in [0.5, 0.6) is 0 Å². The molecule has 0 saturated heterocycles. The second kappa shape index (κ2) is 6.23. The van der Waals surface area contributed by atoms with Crippen molar-refractivity contribution in [1.29, 1.82) is 0 Å².